The van der Waals surface area contributed by atoms with Gasteiger partial charge in [-0.2, -0.15) is 18.4 Å². The van der Waals surface area contributed by atoms with Crippen molar-refractivity contribution in [3.05, 3.63) is 53.1 Å². The summed E-state index contributed by atoms with van der Waals surface area (Å²) in [5, 5.41) is 12.2. The Labute approximate surface area is 178 Å². The number of amides is 1. The number of ether oxygens (including phenoxy) is 3. The van der Waals surface area contributed by atoms with Crippen LogP contribution in [0.15, 0.2) is 36.4 Å². The fraction of sp³-hybridized carbons (Fsp3) is 0.364. The van der Waals surface area contributed by atoms with Crippen molar-refractivity contribution >= 4 is 5.91 Å². The zero-order valence-electron chi connectivity index (χ0n) is 17.5. The van der Waals surface area contributed by atoms with E-state index in [9.17, 15) is 23.2 Å². The highest BCUT2D eigenvalue weighted by Crippen LogP contribution is 2.39. The molecule has 0 saturated heterocycles. The van der Waals surface area contributed by atoms with Crippen molar-refractivity contribution < 1.29 is 32.2 Å². The van der Waals surface area contributed by atoms with Crippen molar-refractivity contribution in [2.45, 2.75) is 31.5 Å². The maximum atomic E-state index is 12.7. The molecule has 1 N–H and O–H groups in total. The van der Waals surface area contributed by atoms with Gasteiger partial charge in [-0.25, -0.2) is 0 Å². The Hall–Kier alpha value is -3.41. The summed E-state index contributed by atoms with van der Waals surface area (Å²) < 4.78 is 53.9. The standard InChI is InChI=1S/C22H23F3N2O4/c1-13(14-5-7-16(8-6-14)22(23,24)25)9-20(28)27-17(12-26)15-10-18(29-2)21(31-4)19(11-15)30-3/h5-8,10-11,13,17H,9H2,1-4H3,(H,27,28). The molecule has 0 heterocycles. The summed E-state index contributed by atoms with van der Waals surface area (Å²) in [6.07, 6.45) is -4.42. The number of alkyl halides is 3. The van der Waals surface area contributed by atoms with Crippen LogP contribution in [0, 0.1) is 11.3 Å². The third kappa shape index (κ3) is 5.81. The Morgan fingerprint density at radius 2 is 1.58 bits per heavy atom. The van der Waals surface area contributed by atoms with Crippen LogP contribution in [-0.4, -0.2) is 27.2 Å². The molecule has 2 aromatic rings. The Morgan fingerprint density at radius 1 is 1.03 bits per heavy atom. The summed E-state index contributed by atoms with van der Waals surface area (Å²) in [4.78, 5) is 12.5. The lowest BCUT2D eigenvalue weighted by Crippen LogP contribution is -2.28. The van der Waals surface area contributed by atoms with E-state index in [4.69, 9.17) is 14.2 Å². The number of hydrogen-bond donors (Lipinski definition) is 1. The van der Waals surface area contributed by atoms with E-state index in [0.29, 0.717) is 28.4 Å². The number of methoxy groups -OCH3 is 3. The second kappa shape index (κ2) is 10.1. The molecule has 2 atom stereocenters. The van der Waals surface area contributed by atoms with Crippen LogP contribution in [0.25, 0.3) is 0 Å². The topological polar surface area (TPSA) is 80.6 Å². The van der Waals surface area contributed by atoms with Crippen molar-refractivity contribution in [3.8, 4) is 23.3 Å². The normalized spacial score (nSPS) is 13.0. The summed E-state index contributed by atoms with van der Waals surface area (Å²) in [6.45, 7) is 1.73. The van der Waals surface area contributed by atoms with Crippen LogP contribution in [0.1, 0.15) is 42.0 Å². The van der Waals surface area contributed by atoms with Crippen LogP contribution in [0.2, 0.25) is 0 Å². The van der Waals surface area contributed by atoms with Gasteiger partial charge in [0.15, 0.2) is 11.5 Å². The summed E-state index contributed by atoms with van der Waals surface area (Å²) >= 11 is 0. The number of nitrogens with one attached hydrogen (secondary N) is 1. The quantitative estimate of drug-likeness (QED) is 0.654. The molecule has 166 valence electrons. The molecule has 0 aromatic heterocycles. The first kappa shape index (κ1) is 23.9. The molecular formula is C22H23F3N2O4. The zero-order valence-corrected chi connectivity index (χ0v) is 17.5. The molecule has 0 aliphatic heterocycles. The van der Waals surface area contributed by atoms with Crippen LogP contribution in [0.4, 0.5) is 13.2 Å². The van der Waals surface area contributed by atoms with Gasteiger partial charge in [0.2, 0.25) is 11.7 Å². The van der Waals surface area contributed by atoms with Crippen molar-refractivity contribution in [1.82, 2.24) is 5.32 Å². The number of hydrogen-bond acceptors (Lipinski definition) is 5. The molecule has 0 spiro atoms. The monoisotopic (exact) mass is 436 g/mol. The molecule has 2 rings (SSSR count). The minimum Gasteiger partial charge on any atom is -0.493 e. The highest BCUT2D eigenvalue weighted by Gasteiger charge is 2.30. The first-order valence-electron chi connectivity index (χ1n) is 9.30. The summed E-state index contributed by atoms with van der Waals surface area (Å²) in [7, 11) is 4.33. The van der Waals surface area contributed by atoms with E-state index >= 15 is 0 Å². The molecule has 0 radical (unpaired) electrons. The Bertz CT molecular complexity index is 928. The van der Waals surface area contributed by atoms with Crippen LogP contribution in [0.3, 0.4) is 0 Å². The molecule has 0 aliphatic rings. The maximum absolute atomic E-state index is 12.7. The largest absolute Gasteiger partial charge is 0.493 e. The van der Waals surface area contributed by atoms with Gasteiger partial charge < -0.3 is 19.5 Å². The molecule has 0 bridgehead atoms. The fourth-order valence-electron chi connectivity index (χ4n) is 3.07. The Balaban J connectivity index is 2.14. The van der Waals surface area contributed by atoms with Crippen molar-refractivity contribution in [2.24, 2.45) is 0 Å². The first-order valence-corrected chi connectivity index (χ1v) is 9.30. The SMILES string of the molecule is COc1cc(C(C#N)NC(=O)CC(C)c2ccc(C(F)(F)F)cc2)cc(OC)c1OC. The molecule has 6 nitrogen and oxygen atoms in total. The third-order valence-electron chi connectivity index (χ3n) is 4.75. The van der Waals surface area contributed by atoms with Gasteiger partial charge in [-0.3, -0.25) is 4.79 Å². The number of nitriles is 1. The van der Waals surface area contributed by atoms with Gasteiger partial charge in [-0.1, -0.05) is 19.1 Å². The van der Waals surface area contributed by atoms with Gasteiger partial charge in [-0.05, 0) is 41.3 Å². The van der Waals surface area contributed by atoms with E-state index < -0.39 is 23.7 Å². The Kier molecular flexibility index (Phi) is 7.75. The highest BCUT2D eigenvalue weighted by atomic mass is 19.4. The minimum absolute atomic E-state index is 0.00598. The molecule has 2 aromatic carbocycles. The van der Waals surface area contributed by atoms with Crippen molar-refractivity contribution in [1.29, 1.82) is 5.26 Å². The van der Waals surface area contributed by atoms with Crippen LogP contribution < -0.4 is 19.5 Å². The number of carbonyl (C=O) groups is 1. The summed E-state index contributed by atoms with van der Waals surface area (Å²) in [6, 6.07) is 8.83. The number of carbonyl (C=O) groups excluding carboxylic acids is 1. The van der Waals surface area contributed by atoms with E-state index in [1.165, 1.54) is 33.5 Å². The smallest absolute Gasteiger partial charge is 0.416 e. The van der Waals surface area contributed by atoms with Crippen LogP contribution in [-0.2, 0) is 11.0 Å². The van der Waals surface area contributed by atoms with E-state index in [0.717, 1.165) is 12.1 Å². The molecular weight excluding hydrogens is 413 g/mol. The van der Waals surface area contributed by atoms with E-state index in [1.807, 2.05) is 6.07 Å². The highest BCUT2D eigenvalue weighted by molar-refractivity contribution is 5.78. The predicted octanol–water partition coefficient (Wildman–Crippen LogP) is 4.61. The first-order chi connectivity index (χ1) is 14.6. The number of benzene rings is 2. The number of halogens is 3. The minimum atomic E-state index is -4.42. The molecule has 0 fully saturated rings. The third-order valence-corrected chi connectivity index (χ3v) is 4.75. The predicted molar refractivity (Wildman–Crippen MR) is 107 cm³/mol. The molecule has 9 heteroatoms. The maximum Gasteiger partial charge on any atom is 0.416 e. The molecule has 2 unspecified atom stereocenters. The number of rotatable bonds is 8. The van der Waals surface area contributed by atoms with Gasteiger partial charge >= 0.3 is 6.18 Å². The van der Waals surface area contributed by atoms with Gasteiger partial charge in [0.25, 0.3) is 0 Å². The lowest BCUT2D eigenvalue weighted by molar-refractivity contribution is -0.137. The van der Waals surface area contributed by atoms with E-state index in [2.05, 4.69) is 5.32 Å². The second-order valence-electron chi connectivity index (χ2n) is 6.81. The Morgan fingerprint density at radius 3 is 2.00 bits per heavy atom. The van der Waals surface area contributed by atoms with Gasteiger partial charge in [0, 0.05) is 6.42 Å². The lowest BCUT2D eigenvalue weighted by Gasteiger charge is -2.18. The van der Waals surface area contributed by atoms with Gasteiger partial charge in [-0.15, -0.1) is 0 Å². The molecule has 31 heavy (non-hydrogen) atoms. The van der Waals surface area contributed by atoms with Crippen LogP contribution in [0.5, 0.6) is 17.2 Å². The molecule has 0 saturated carbocycles. The molecule has 0 aliphatic carbocycles. The molecule has 1 amide bonds. The second-order valence-corrected chi connectivity index (χ2v) is 6.81. The van der Waals surface area contributed by atoms with Crippen molar-refractivity contribution in [2.75, 3.05) is 21.3 Å². The van der Waals surface area contributed by atoms with E-state index in [1.54, 1.807) is 19.1 Å². The number of nitrogens with zero attached hydrogens (tertiary/aromatic N) is 1. The van der Waals surface area contributed by atoms with Crippen LogP contribution >= 0.6 is 0 Å². The average molecular weight is 436 g/mol. The summed E-state index contributed by atoms with van der Waals surface area (Å²) in [5.74, 6) is 0.260. The fourth-order valence-corrected chi connectivity index (χ4v) is 3.07. The lowest BCUT2D eigenvalue weighted by atomic mass is 9.96. The van der Waals surface area contributed by atoms with Gasteiger partial charge in [0.1, 0.15) is 6.04 Å². The average Bonchev–Trinajstić information content (AvgIpc) is 2.75. The van der Waals surface area contributed by atoms with E-state index in [-0.39, 0.29) is 12.3 Å². The van der Waals surface area contributed by atoms with Gasteiger partial charge in [0.05, 0.1) is 33.0 Å². The summed E-state index contributed by atoms with van der Waals surface area (Å²) in [5.41, 5.74) is 0.275. The zero-order chi connectivity index (χ0) is 23.2. The van der Waals surface area contributed by atoms with Crippen molar-refractivity contribution in [3.63, 3.8) is 0 Å².